The summed E-state index contributed by atoms with van der Waals surface area (Å²) in [7, 11) is 0. The van der Waals surface area contributed by atoms with Crippen LogP contribution < -0.4 is 16.0 Å². The highest BCUT2D eigenvalue weighted by Gasteiger charge is 2.61. The largest absolute Gasteiger partial charge is 0.397 e. The standard InChI is InChI=1S/C22H24Cl2N2O.C5H10FNO3/c1-21(2,3)11-14-12-25-19(13-5-4-6-15(23)9-13)22(14)17-8-7-16(24)10-18(17)26-20(22)27;6-5(10)7-2-1-4(9)3-8/h4-10,14,19,25H,11-12H2,1-3H3,(H,26,27);4,8-9H,1-3H2,(H,7,10)/t;4-/m.0/s1. The van der Waals surface area contributed by atoms with E-state index in [1.54, 1.807) is 0 Å². The zero-order valence-corrected chi connectivity index (χ0v) is 22.7. The SMILES string of the molecule is CC(C)(C)CC1CNC(c2cccc(Cl)c2)C12C(=O)Nc1cc(Cl)ccc12.O=C(F)NCC[C@H](O)CO. The van der Waals surface area contributed by atoms with Gasteiger partial charge >= 0.3 is 6.16 Å². The minimum absolute atomic E-state index is 0.0388. The normalized spacial score (nSPS) is 23.2. The summed E-state index contributed by atoms with van der Waals surface area (Å²) >= 11 is 12.5. The molecule has 10 heteroatoms. The van der Waals surface area contributed by atoms with E-state index in [0.29, 0.717) is 10.0 Å². The number of hydrogen-bond acceptors (Lipinski definition) is 5. The summed E-state index contributed by atoms with van der Waals surface area (Å²) in [4.78, 5) is 23.1. The number of anilines is 1. The molecular formula is C27H34Cl2FN3O4. The fourth-order valence-electron chi connectivity index (χ4n) is 5.31. The van der Waals surface area contributed by atoms with E-state index in [1.165, 1.54) is 0 Å². The molecule has 202 valence electrons. The van der Waals surface area contributed by atoms with E-state index in [0.717, 1.165) is 29.8 Å². The van der Waals surface area contributed by atoms with Gasteiger partial charge in [-0.15, -0.1) is 4.39 Å². The van der Waals surface area contributed by atoms with E-state index in [1.807, 2.05) is 47.8 Å². The number of rotatable bonds is 6. The molecule has 0 saturated carbocycles. The van der Waals surface area contributed by atoms with Crippen LogP contribution in [0.5, 0.6) is 0 Å². The van der Waals surface area contributed by atoms with Gasteiger partial charge in [-0.1, -0.05) is 62.2 Å². The number of benzene rings is 2. The molecule has 2 aromatic carbocycles. The van der Waals surface area contributed by atoms with Crippen LogP contribution in [0.25, 0.3) is 0 Å². The minimum Gasteiger partial charge on any atom is -0.394 e. The van der Waals surface area contributed by atoms with Crippen LogP contribution in [0.2, 0.25) is 10.0 Å². The van der Waals surface area contributed by atoms with Crippen LogP contribution in [0.4, 0.5) is 14.9 Å². The molecule has 0 radical (unpaired) electrons. The Hall–Kier alpha value is -2.23. The predicted octanol–water partition coefficient (Wildman–Crippen LogP) is 4.99. The lowest BCUT2D eigenvalue weighted by molar-refractivity contribution is -0.123. The summed E-state index contributed by atoms with van der Waals surface area (Å²) in [5.41, 5.74) is 2.33. The summed E-state index contributed by atoms with van der Waals surface area (Å²) in [5.74, 6) is 0.216. The van der Waals surface area contributed by atoms with Crippen LogP contribution in [-0.4, -0.2) is 48.1 Å². The molecule has 2 aliphatic rings. The first-order chi connectivity index (χ1) is 17.4. The number of aliphatic hydroxyl groups is 2. The average molecular weight is 554 g/mol. The molecule has 0 aliphatic carbocycles. The van der Waals surface area contributed by atoms with Crippen molar-refractivity contribution < 1.29 is 24.2 Å². The molecular weight excluding hydrogens is 520 g/mol. The van der Waals surface area contributed by atoms with Crippen LogP contribution >= 0.6 is 23.2 Å². The third-order valence-electron chi connectivity index (χ3n) is 6.71. The number of halogens is 3. The second-order valence-electron chi connectivity index (χ2n) is 10.7. The van der Waals surface area contributed by atoms with Crippen molar-refractivity contribution >= 4 is 41.0 Å². The maximum absolute atomic E-state index is 13.5. The third kappa shape index (κ3) is 6.81. The molecule has 1 saturated heterocycles. The second kappa shape index (κ2) is 12.1. The smallest absolute Gasteiger partial charge is 0.394 e. The van der Waals surface area contributed by atoms with Gasteiger partial charge in [-0.3, -0.25) is 4.79 Å². The van der Waals surface area contributed by atoms with E-state index in [-0.39, 0.29) is 42.9 Å². The van der Waals surface area contributed by atoms with Gasteiger partial charge in [0.15, 0.2) is 0 Å². The Morgan fingerprint density at radius 2 is 1.92 bits per heavy atom. The summed E-state index contributed by atoms with van der Waals surface area (Å²) in [6.45, 7) is 7.12. The first-order valence-electron chi connectivity index (χ1n) is 12.2. The van der Waals surface area contributed by atoms with Gasteiger partial charge in [-0.05, 0) is 59.6 Å². The zero-order valence-electron chi connectivity index (χ0n) is 21.2. The summed E-state index contributed by atoms with van der Waals surface area (Å²) in [6.07, 6.45) is -1.41. The van der Waals surface area contributed by atoms with Crippen molar-refractivity contribution in [2.45, 2.75) is 51.2 Å². The van der Waals surface area contributed by atoms with Crippen LogP contribution in [0.1, 0.15) is 50.8 Å². The van der Waals surface area contributed by atoms with Gasteiger partial charge in [0.2, 0.25) is 5.91 Å². The van der Waals surface area contributed by atoms with Crippen molar-refractivity contribution in [2.24, 2.45) is 11.3 Å². The highest BCUT2D eigenvalue weighted by atomic mass is 35.5. The first kappa shape index (κ1) is 29.3. The maximum atomic E-state index is 13.5. The van der Waals surface area contributed by atoms with Crippen molar-refractivity contribution in [3.63, 3.8) is 0 Å². The van der Waals surface area contributed by atoms with Gasteiger partial charge in [-0.25, -0.2) is 4.79 Å². The Labute approximate surface area is 226 Å². The second-order valence-corrected chi connectivity index (χ2v) is 11.6. The van der Waals surface area contributed by atoms with Crippen molar-refractivity contribution in [3.05, 3.63) is 63.6 Å². The molecule has 3 unspecified atom stereocenters. The van der Waals surface area contributed by atoms with Crippen LogP contribution in [0, 0.1) is 11.3 Å². The molecule has 0 aromatic heterocycles. The lowest BCUT2D eigenvalue weighted by atomic mass is 9.63. The van der Waals surface area contributed by atoms with Crippen molar-refractivity contribution in [1.82, 2.24) is 10.6 Å². The molecule has 2 aliphatic heterocycles. The van der Waals surface area contributed by atoms with Gasteiger partial charge < -0.3 is 26.2 Å². The molecule has 2 aromatic rings. The van der Waals surface area contributed by atoms with Gasteiger partial charge in [-0.2, -0.15) is 0 Å². The number of carbonyl (C=O) groups excluding carboxylic acids is 2. The summed E-state index contributed by atoms with van der Waals surface area (Å²) in [6, 6.07) is 13.4. The van der Waals surface area contributed by atoms with E-state index >= 15 is 0 Å². The molecule has 1 spiro atoms. The molecule has 0 bridgehead atoms. The molecule has 4 rings (SSSR count). The van der Waals surface area contributed by atoms with Crippen LogP contribution in [0.15, 0.2) is 42.5 Å². The highest BCUT2D eigenvalue weighted by Crippen LogP contribution is 2.56. The molecule has 7 nitrogen and oxygen atoms in total. The van der Waals surface area contributed by atoms with E-state index in [2.05, 4.69) is 31.4 Å². The molecule has 2 amide bonds. The van der Waals surface area contributed by atoms with Gasteiger partial charge in [0.05, 0.1) is 24.2 Å². The molecule has 2 heterocycles. The zero-order chi connectivity index (χ0) is 27.4. The van der Waals surface area contributed by atoms with Crippen LogP contribution in [-0.2, 0) is 10.2 Å². The van der Waals surface area contributed by atoms with E-state index in [4.69, 9.17) is 33.4 Å². The minimum atomic E-state index is -1.62. The Bertz CT molecular complexity index is 1130. The Morgan fingerprint density at radius 1 is 1.22 bits per heavy atom. The quantitative estimate of drug-likeness (QED) is 0.255. The number of hydrogen-bond donors (Lipinski definition) is 5. The van der Waals surface area contributed by atoms with E-state index < -0.39 is 17.7 Å². The predicted molar refractivity (Wildman–Crippen MR) is 144 cm³/mol. The Kier molecular flexibility index (Phi) is 9.58. The summed E-state index contributed by atoms with van der Waals surface area (Å²) < 4.78 is 11.4. The number of aliphatic hydroxyl groups excluding tert-OH is 2. The number of nitrogens with one attached hydrogen (secondary N) is 3. The van der Waals surface area contributed by atoms with Gasteiger partial charge in [0.1, 0.15) is 0 Å². The topological polar surface area (TPSA) is 111 Å². The summed E-state index contributed by atoms with van der Waals surface area (Å²) in [5, 5.41) is 26.8. The third-order valence-corrected chi connectivity index (χ3v) is 7.18. The molecule has 5 N–H and O–H groups in total. The van der Waals surface area contributed by atoms with Gasteiger partial charge in [0, 0.05) is 28.8 Å². The number of fused-ring (bicyclic) bond motifs is 2. The number of carbonyl (C=O) groups is 2. The maximum Gasteiger partial charge on any atom is 0.397 e. The first-order valence-corrected chi connectivity index (χ1v) is 13.0. The fourth-order valence-corrected chi connectivity index (χ4v) is 5.68. The highest BCUT2D eigenvalue weighted by molar-refractivity contribution is 6.31. The molecule has 1 fully saturated rings. The Balaban J connectivity index is 0.000000325. The lowest BCUT2D eigenvalue weighted by Gasteiger charge is -2.37. The van der Waals surface area contributed by atoms with Crippen molar-refractivity contribution in [3.8, 4) is 0 Å². The number of amides is 2. The lowest BCUT2D eigenvalue weighted by Crippen LogP contribution is -2.45. The van der Waals surface area contributed by atoms with Crippen LogP contribution in [0.3, 0.4) is 0 Å². The Morgan fingerprint density at radius 3 is 2.54 bits per heavy atom. The molecule has 37 heavy (non-hydrogen) atoms. The van der Waals surface area contributed by atoms with E-state index in [9.17, 15) is 14.0 Å². The monoisotopic (exact) mass is 553 g/mol. The van der Waals surface area contributed by atoms with Gasteiger partial charge in [0.25, 0.3) is 0 Å². The molecule has 4 atom stereocenters. The van der Waals surface area contributed by atoms with Crippen molar-refractivity contribution in [2.75, 3.05) is 25.0 Å². The van der Waals surface area contributed by atoms with Crippen molar-refractivity contribution in [1.29, 1.82) is 0 Å². The average Bonchev–Trinajstić information content (AvgIpc) is 3.31. The fraction of sp³-hybridized carbons (Fsp3) is 0.481.